The van der Waals surface area contributed by atoms with Crippen molar-refractivity contribution in [3.8, 4) is 0 Å². The molecular weight excluding hydrogens is 228 g/mol. The molecule has 0 spiro atoms. The predicted octanol–water partition coefficient (Wildman–Crippen LogP) is 4.27. The van der Waals surface area contributed by atoms with E-state index in [0.717, 1.165) is 11.5 Å². The third-order valence-corrected chi connectivity index (χ3v) is 4.71. The van der Waals surface area contributed by atoms with Crippen LogP contribution in [0.5, 0.6) is 0 Å². The first-order chi connectivity index (χ1) is 8.20. The fourth-order valence-electron chi connectivity index (χ4n) is 2.67. The van der Waals surface area contributed by atoms with Gasteiger partial charge in [0, 0.05) is 4.90 Å². The monoisotopic (exact) mass is 250 g/mol. The maximum atomic E-state index is 10.4. The quantitative estimate of drug-likeness (QED) is 0.808. The van der Waals surface area contributed by atoms with Crippen molar-refractivity contribution in [1.29, 1.82) is 0 Å². The van der Waals surface area contributed by atoms with Gasteiger partial charge in [-0.25, -0.2) is 0 Å². The molecule has 0 bridgehead atoms. The molecule has 2 heteroatoms. The summed E-state index contributed by atoms with van der Waals surface area (Å²) in [4.78, 5) is 1.26. The van der Waals surface area contributed by atoms with Gasteiger partial charge in [0.2, 0.25) is 0 Å². The van der Waals surface area contributed by atoms with Crippen LogP contribution < -0.4 is 0 Å². The highest BCUT2D eigenvalue weighted by Gasteiger charge is 2.25. The van der Waals surface area contributed by atoms with E-state index in [0.29, 0.717) is 5.92 Å². The van der Waals surface area contributed by atoms with Crippen LogP contribution in [0.3, 0.4) is 0 Å². The lowest BCUT2D eigenvalue weighted by Crippen LogP contribution is -2.19. The second kappa shape index (κ2) is 5.92. The van der Waals surface area contributed by atoms with Gasteiger partial charge >= 0.3 is 0 Å². The molecule has 1 aromatic rings. The van der Waals surface area contributed by atoms with E-state index in [4.69, 9.17) is 0 Å². The van der Waals surface area contributed by atoms with Crippen LogP contribution in [-0.2, 0) is 0 Å². The number of aliphatic hydroxyl groups excluding tert-OH is 1. The average molecular weight is 250 g/mol. The molecule has 0 saturated heterocycles. The molecule has 1 fully saturated rings. The smallest absolute Gasteiger partial charge is 0.0818 e. The summed E-state index contributed by atoms with van der Waals surface area (Å²) in [5.41, 5.74) is 1.09. The summed E-state index contributed by atoms with van der Waals surface area (Å²) < 4.78 is 0. The summed E-state index contributed by atoms with van der Waals surface area (Å²) in [7, 11) is 0. The summed E-state index contributed by atoms with van der Waals surface area (Å²) in [6.45, 7) is 2.32. The lowest BCUT2D eigenvalue weighted by Gasteiger charge is -2.30. The molecule has 2 rings (SSSR count). The third kappa shape index (κ3) is 3.26. The van der Waals surface area contributed by atoms with Gasteiger partial charge in [-0.15, -0.1) is 11.8 Å². The van der Waals surface area contributed by atoms with Gasteiger partial charge in [-0.05, 0) is 48.6 Å². The highest BCUT2D eigenvalue weighted by molar-refractivity contribution is 7.98. The largest absolute Gasteiger partial charge is 0.388 e. The fourth-order valence-corrected chi connectivity index (χ4v) is 3.08. The molecule has 0 amide bonds. The summed E-state index contributed by atoms with van der Waals surface area (Å²) >= 11 is 1.74. The van der Waals surface area contributed by atoms with E-state index >= 15 is 0 Å². The Morgan fingerprint density at radius 3 is 2.24 bits per heavy atom. The van der Waals surface area contributed by atoms with Gasteiger partial charge in [0.05, 0.1) is 6.10 Å². The number of hydrogen-bond donors (Lipinski definition) is 1. The number of rotatable bonds is 3. The summed E-state index contributed by atoms with van der Waals surface area (Å²) in [5.74, 6) is 1.31. The lowest BCUT2D eigenvalue weighted by molar-refractivity contribution is 0.0755. The summed E-state index contributed by atoms with van der Waals surface area (Å²) in [6, 6.07) is 8.37. The molecule has 1 nitrogen and oxygen atoms in total. The van der Waals surface area contributed by atoms with E-state index in [1.54, 1.807) is 11.8 Å². The molecule has 0 heterocycles. The first-order valence-corrected chi connectivity index (χ1v) is 7.75. The molecule has 1 aromatic carbocycles. The van der Waals surface area contributed by atoms with Gasteiger partial charge in [0.25, 0.3) is 0 Å². The normalized spacial score (nSPS) is 26.8. The van der Waals surface area contributed by atoms with Crippen LogP contribution in [0.1, 0.15) is 44.3 Å². The van der Waals surface area contributed by atoms with Gasteiger partial charge in [0.15, 0.2) is 0 Å². The van der Waals surface area contributed by atoms with Crippen LogP contribution in [0.15, 0.2) is 29.2 Å². The Bertz CT molecular complexity index is 338. The highest BCUT2D eigenvalue weighted by Crippen LogP contribution is 2.36. The molecule has 0 aliphatic heterocycles. The Labute approximate surface area is 109 Å². The van der Waals surface area contributed by atoms with Crippen molar-refractivity contribution in [2.24, 2.45) is 11.8 Å². The van der Waals surface area contributed by atoms with Crippen LogP contribution in [0.2, 0.25) is 0 Å². The molecule has 0 aromatic heterocycles. The Hall–Kier alpha value is -0.470. The van der Waals surface area contributed by atoms with Crippen molar-refractivity contribution in [2.75, 3.05) is 6.26 Å². The lowest BCUT2D eigenvalue weighted by atomic mass is 9.78. The van der Waals surface area contributed by atoms with Gasteiger partial charge in [-0.3, -0.25) is 0 Å². The van der Waals surface area contributed by atoms with Gasteiger partial charge in [0.1, 0.15) is 0 Å². The van der Waals surface area contributed by atoms with E-state index in [-0.39, 0.29) is 6.10 Å². The Balaban J connectivity index is 2.00. The third-order valence-electron chi connectivity index (χ3n) is 3.96. The Morgan fingerprint density at radius 1 is 1.12 bits per heavy atom. The molecule has 1 N–H and O–H groups in total. The second-order valence-corrected chi connectivity index (χ2v) is 6.12. The minimum atomic E-state index is -0.265. The minimum absolute atomic E-state index is 0.265. The second-order valence-electron chi connectivity index (χ2n) is 5.24. The first-order valence-electron chi connectivity index (χ1n) is 6.52. The van der Waals surface area contributed by atoms with Crippen molar-refractivity contribution >= 4 is 11.8 Å². The molecule has 1 aliphatic carbocycles. The number of aliphatic hydroxyl groups is 1. The first kappa shape index (κ1) is 13.0. The van der Waals surface area contributed by atoms with Crippen molar-refractivity contribution in [2.45, 2.75) is 43.6 Å². The zero-order valence-electron chi connectivity index (χ0n) is 10.7. The van der Waals surface area contributed by atoms with Crippen LogP contribution >= 0.6 is 11.8 Å². The molecule has 94 valence electrons. The van der Waals surface area contributed by atoms with Crippen LogP contribution in [0.4, 0.5) is 0 Å². The average Bonchev–Trinajstić information content (AvgIpc) is 2.39. The van der Waals surface area contributed by atoms with Crippen LogP contribution in [0, 0.1) is 11.8 Å². The summed E-state index contributed by atoms with van der Waals surface area (Å²) in [6.07, 6.45) is 6.70. The molecule has 17 heavy (non-hydrogen) atoms. The van der Waals surface area contributed by atoms with E-state index in [1.807, 2.05) is 0 Å². The molecule has 1 aliphatic rings. The van der Waals surface area contributed by atoms with Crippen LogP contribution in [0.25, 0.3) is 0 Å². The van der Waals surface area contributed by atoms with Gasteiger partial charge in [-0.1, -0.05) is 31.9 Å². The molecule has 1 saturated carbocycles. The Morgan fingerprint density at radius 2 is 1.71 bits per heavy atom. The zero-order chi connectivity index (χ0) is 12.3. The van der Waals surface area contributed by atoms with E-state index in [2.05, 4.69) is 37.4 Å². The standard InChI is InChI=1S/C15H22OS/c1-11-3-5-12(6-4-11)15(16)13-7-9-14(17-2)10-8-13/h7-12,15-16H,3-6H2,1-2H3. The van der Waals surface area contributed by atoms with E-state index < -0.39 is 0 Å². The molecule has 0 radical (unpaired) electrons. The van der Waals surface area contributed by atoms with Crippen molar-refractivity contribution < 1.29 is 5.11 Å². The van der Waals surface area contributed by atoms with E-state index in [9.17, 15) is 5.11 Å². The van der Waals surface area contributed by atoms with Crippen molar-refractivity contribution in [1.82, 2.24) is 0 Å². The number of hydrogen-bond acceptors (Lipinski definition) is 2. The minimum Gasteiger partial charge on any atom is -0.388 e. The van der Waals surface area contributed by atoms with Crippen molar-refractivity contribution in [3.05, 3.63) is 29.8 Å². The van der Waals surface area contributed by atoms with Gasteiger partial charge < -0.3 is 5.11 Å². The van der Waals surface area contributed by atoms with Gasteiger partial charge in [-0.2, -0.15) is 0 Å². The fraction of sp³-hybridized carbons (Fsp3) is 0.600. The molecular formula is C15H22OS. The highest BCUT2D eigenvalue weighted by atomic mass is 32.2. The predicted molar refractivity (Wildman–Crippen MR) is 74.3 cm³/mol. The maximum Gasteiger partial charge on any atom is 0.0818 e. The number of benzene rings is 1. The summed E-state index contributed by atoms with van der Waals surface area (Å²) in [5, 5.41) is 10.4. The SMILES string of the molecule is CSc1ccc(C(O)C2CCC(C)CC2)cc1. The number of thioether (sulfide) groups is 1. The van der Waals surface area contributed by atoms with Crippen LogP contribution in [-0.4, -0.2) is 11.4 Å². The topological polar surface area (TPSA) is 20.2 Å². The molecule has 1 unspecified atom stereocenters. The zero-order valence-corrected chi connectivity index (χ0v) is 11.5. The molecule has 1 atom stereocenters. The Kier molecular flexibility index (Phi) is 4.52. The van der Waals surface area contributed by atoms with E-state index in [1.165, 1.54) is 30.6 Å². The maximum absolute atomic E-state index is 10.4. The van der Waals surface area contributed by atoms with Crippen molar-refractivity contribution in [3.63, 3.8) is 0 Å².